The number of nitrogen functional groups attached to an aromatic ring is 1. The van der Waals surface area contributed by atoms with E-state index in [9.17, 15) is 22.0 Å². The van der Waals surface area contributed by atoms with Crippen LogP contribution in [0.1, 0.15) is 13.3 Å². The maximum Gasteiger partial charge on any atom is 0.307 e. The minimum atomic E-state index is -4.22. The maximum absolute atomic E-state index is 13.6. The lowest BCUT2D eigenvalue weighted by Gasteiger charge is -2.09. The molecule has 0 saturated carbocycles. The molecule has 0 bridgehead atoms. The summed E-state index contributed by atoms with van der Waals surface area (Å²) in [5.74, 6) is -3.00. The standard InChI is InChI=1S/C11H14F2N2O4S/c1-2-19-9(16)5-6-15-20(17,18)8-4-3-7(12)11(14)10(8)13/h3-4,15H,2,5-6,14H2,1H3. The smallest absolute Gasteiger partial charge is 0.307 e. The first kappa shape index (κ1) is 16.3. The molecule has 0 amide bonds. The van der Waals surface area contributed by atoms with Gasteiger partial charge in [-0.2, -0.15) is 0 Å². The molecule has 0 aliphatic rings. The number of esters is 1. The van der Waals surface area contributed by atoms with Crippen LogP contribution in [0, 0.1) is 11.6 Å². The second-order valence-corrected chi connectivity index (χ2v) is 5.46. The first-order chi connectivity index (χ1) is 9.29. The number of hydrogen-bond donors (Lipinski definition) is 2. The van der Waals surface area contributed by atoms with E-state index in [1.807, 2.05) is 4.72 Å². The first-order valence-corrected chi connectivity index (χ1v) is 7.16. The fraction of sp³-hybridized carbons (Fsp3) is 0.364. The lowest BCUT2D eigenvalue weighted by Crippen LogP contribution is -2.27. The Hall–Kier alpha value is -1.74. The van der Waals surface area contributed by atoms with Gasteiger partial charge in [-0.1, -0.05) is 0 Å². The molecule has 20 heavy (non-hydrogen) atoms. The van der Waals surface area contributed by atoms with Crippen LogP contribution in [0.5, 0.6) is 0 Å². The van der Waals surface area contributed by atoms with Crippen molar-refractivity contribution >= 4 is 21.7 Å². The van der Waals surface area contributed by atoms with Crippen LogP contribution in [0.3, 0.4) is 0 Å². The molecule has 112 valence electrons. The fourth-order valence-corrected chi connectivity index (χ4v) is 2.47. The molecule has 1 rings (SSSR count). The van der Waals surface area contributed by atoms with Crippen molar-refractivity contribution in [1.82, 2.24) is 4.72 Å². The lowest BCUT2D eigenvalue weighted by molar-refractivity contribution is -0.142. The van der Waals surface area contributed by atoms with Gasteiger partial charge in [-0.15, -0.1) is 0 Å². The zero-order chi connectivity index (χ0) is 15.3. The monoisotopic (exact) mass is 308 g/mol. The second kappa shape index (κ2) is 6.62. The summed E-state index contributed by atoms with van der Waals surface area (Å²) in [6.07, 6.45) is -0.203. The van der Waals surface area contributed by atoms with E-state index in [2.05, 4.69) is 4.74 Å². The highest BCUT2D eigenvalue weighted by Crippen LogP contribution is 2.22. The van der Waals surface area contributed by atoms with Gasteiger partial charge in [-0.05, 0) is 19.1 Å². The Kier molecular flexibility index (Phi) is 5.40. The fourth-order valence-electron chi connectivity index (χ4n) is 1.36. The van der Waals surface area contributed by atoms with Gasteiger partial charge in [0.1, 0.15) is 16.4 Å². The Labute approximate surface area is 115 Å². The molecule has 0 aromatic heterocycles. The highest BCUT2D eigenvalue weighted by Gasteiger charge is 2.22. The van der Waals surface area contributed by atoms with E-state index in [4.69, 9.17) is 5.73 Å². The van der Waals surface area contributed by atoms with E-state index in [-0.39, 0.29) is 19.6 Å². The molecule has 0 aliphatic heterocycles. The molecule has 0 aliphatic carbocycles. The minimum Gasteiger partial charge on any atom is -0.466 e. The zero-order valence-corrected chi connectivity index (χ0v) is 11.5. The van der Waals surface area contributed by atoms with E-state index in [1.54, 1.807) is 6.92 Å². The molecule has 0 spiro atoms. The molecule has 0 fully saturated rings. The normalized spacial score (nSPS) is 11.3. The van der Waals surface area contributed by atoms with Gasteiger partial charge in [0.05, 0.1) is 13.0 Å². The molecular formula is C11H14F2N2O4S. The summed E-state index contributed by atoms with van der Waals surface area (Å²) in [6.45, 7) is 1.52. The van der Waals surface area contributed by atoms with E-state index in [0.717, 1.165) is 12.1 Å². The third-order valence-electron chi connectivity index (χ3n) is 2.31. The largest absolute Gasteiger partial charge is 0.466 e. The SMILES string of the molecule is CCOC(=O)CCNS(=O)(=O)c1ccc(F)c(N)c1F. The number of halogens is 2. The Bertz CT molecular complexity index is 605. The van der Waals surface area contributed by atoms with Gasteiger partial charge < -0.3 is 10.5 Å². The summed E-state index contributed by atoms with van der Waals surface area (Å²) < 4.78 is 56.7. The van der Waals surface area contributed by atoms with Crippen molar-refractivity contribution in [1.29, 1.82) is 0 Å². The van der Waals surface area contributed by atoms with E-state index >= 15 is 0 Å². The van der Waals surface area contributed by atoms with E-state index < -0.39 is 38.2 Å². The van der Waals surface area contributed by atoms with Crippen LogP contribution in [0.15, 0.2) is 17.0 Å². The van der Waals surface area contributed by atoms with Gasteiger partial charge in [-0.25, -0.2) is 21.9 Å². The molecule has 6 nitrogen and oxygen atoms in total. The number of rotatable bonds is 6. The summed E-state index contributed by atoms with van der Waals surface area (Å²) in [7, 11) is -4.22. The molecule has 0 atom stereocenters. The molecule has 1 aromatic carbocycles. The average Bonchev–Trinajstić information content (AvgIpc) is 2.35. The topological polar surface area (TPSA) is 98.5 Å². The lowest BCUT2D eigenvalue weighted by atomic mass is 10.3. The second-order valence-electron chi connectivity index (χ2n) is 3.73. The van der Waals surface area contributed by atoms with Crippen molar-refractivity contribution in [2.45, 2.75) is 18.2 Å². The molecule has 0 radical (unpaired) electrons. The number of ether oxygens (including phenoxy) is 1. The van der Waals surface area contributed by atoms with Crippen molar-refractivity contribution in [3.63, 3.8) is 0 Å². The summed E-state index contributed by atoms with van der Waals surface area (Å²) in [5, 5.41) is 0. The van der Waals surface area contributed by atoms with Crippen LogP contribution < -0.4 is 10.5 Å². The highest BCUT2D eigenvalue weighted by molar-refractivity contribution is 7.89. The Morgan fingerprint density at radius 1 is 1.40 bits per heavy atom. The molecule has 0 heterocycles. The van der Waals surface area contributed by atoms with Crippen molar-refractivity contribution in [3.8, 4) is 0 Å². The molecule has 1 aromatic rings. The number of hydrogen-bond acceptors (Lipinski definition) is 5. The number of benzene rings is 1. The van der Waals surface area contributed by atoms with Gasteiger partial charge in [0.15, 0.2) is 5.82 Å². The molecular weight excluding hydrogens is 294 g/mol. The summed E-state index contributed by atoms with van der Waals surface area (Å²) in [4.78, 5) is 10.3. The third-order valence-corrected chi connectivity index (χ3v) is 3.79. The number of nitrogens with two attached hydrogens (primary N) is 1. The van der Waals surface area contributed by atoms with Crippen LogP contribution in [-0.4, -0.2) is 27.5 Å². The Balaban J connectivity index is 2.80. The van der Waals surface area contributed by atoms with Gasteiger partial charge in [0.25, 0.3) is 0 Å². The summed E-state index contributed by atoms with van der Waals surface area (Å²) in [6, 6.07) is 1.51. The predicted octanol–water partition coefficient (Wildman–Crippen LogP) is 0.779. The van der Waals surface area contributed by atoms with Crippen molar-refractivity contribution in [3.05, 3.63) is 23.8 Å². The molecule has 9 heteroatoms. The molecule has 0 saturated heterocycles. The summed E-state index contributed by atoms with van der Waals surface area (Å²) >= 11 is 0. The van der Waals surface area contributed by atoms with E-state index in [0.29, 0.717) is 0 Å². The van der Waals surface area contributed by atoms with Gasteiger partial charge >= 0.3 is 5.97 Å². The van der Waals surface area contributed by atoms with Crippen molar-refractivity contribution in [2.24, 2.45) is 0 Å². The van der Waals surface area contributed by atoms with Crippen molar-refractivity contribution in [2.75, 3.05) is 18.9 Å². The Morgan fingerprint density at radius 3 is 2.65 bits per heavy atom. The van der Waals surface area contributed by atoms with Crippen LogP contribution in [0.2, 0.25) is 0 Å². The highest BCUT2D eigenvalue weighted by atomic mass is 32.2. The third kappa shape index (κ3) is 3.87. The quantitative estimate of drug-likeness (QED) is 0.597. The van der Waals surface area contributed by atoms with Gasteiger partial charge in [-0.3, -0.25) is 4.79 Å². The average molecular weight is 308 g/mol. The molecule has 3 N–H and O–H groups in total. The van der Waals surface area contributed by atoms with Crippen LogP contribution in [0.4, 0.5) is 14.5 Å². The maximum atomic E-state index is 13.6. The first-order valence-electron chi connectivity index (χ1n) is 5.68. The number of carbonyl (C=O) groups is 1. The Morgan fingerprint density at radius 2 is 2.05 bits per heavy atom. The molecule has 0 unspecified atom stereocenters. The zero-order valence-electron chi connectivity index (χ0n) is 10.7. The number of nitrogens with one attached hydrogen (secondary N) is 1. The van der Waals surface area contributed by atoms with Gasteiger partial charge in [0, 0.05) is 6.54 Å². The summed E-state index contributed by atoms with van der Waals surface area (Å²) in [5.41, 5.74) is 4.20. The van der Waals surface area contributed by atoms with E-state index in [1.165, 1.54) is 0 Å². The van der Waals surface area contributed by atoms with Crippen LogP contribution in [0.25, 0.3) is 0 Å². The van der Waals surface area contributed by atoms with Crippen LogP contribution >= 0.6 is 0 Å². The van der Waals surface area contributed by atoms with Gasteiger partial charge in [0.2, 0.25) is 10.0 Å². The minimum absolute atomic E-state index is 0.175. The number of anilines is 1. The van der Waals surface area contributed by atoms with Crippen molar-refractivity contribution < 1.29 is 26.7 Å². The number of sulfonamides is 1. The number of carbonyl (C=O) groups excluding carboxylic acids is 1. The van der Waals surface area contributed by atoms with Crippen LogP contribution in [-0.2, 0) is 19.6 Å². The predicted molar refractivity (Wildman–Crippen MR) is 67.2 cm³/mol.